The lowest BCUT2D eigenvalue weighted by molar-refractivity contribution is 0.103. The topological polar surface area (TPSA) is 18.5 Å². The molecule has 0 amide bonds. The van der Waals surface area contributed by atoms with Crippen LogP contribution in [0.25, 0.3) is 0 Å². The predicted molar refractivity (Wildman–Crippen MR) is 91.8 cm³/mol. The Bertz CT molecular complexity index is 326. The maximum atomic E-state index is 3.77. The highest BCUT2D eigenvalue weighted by Gasteiger charge is 2.26. The van der Waals surface area contributed by atoms with E-state index in [1.165, 1.54) is 64.6 Å². The lowest BCUT2D eigenvalue weighted by Gasteiger charge is -2.40. The largest absolute Gasteiger partial charge is 0.310 e. The average Bonchev–Trinajstić information content (AvgIpc) is 2.42. The van der Waals surface area contributed by atoms with Crippen LogP contribution in [0.5, 0.6) is 0 Å². The van der Waals surface area contributed by atoms with Gasteiger partial charge in [0.05, 0.1) is 0 Å². The van der Waals surface area contributed by atoms with Crippen LogP contribution in [-0.2, 0) is 0 Å². The molecule has 2 atom stereocenters. The molecule has 0 aromatic heterocycles. The standard InChI is InChI=1S/C18H35N3/c1-4-19-18(16-10-8-6-5-7-9-11-16)14-17-15-20(2)12-13-21(17)3/h10,17-19H,4-9,11-15H2,1-3H3. The normalized spacial score (nSPS) is 27.8. The zero-order valence-corrected chi connectivity index (χ0v) is 14.4. The van der Waals surface area contributed by atoms with Gasteiger partial charge < -0.3 is 15.1 Å². The predicted octanol–water partition coefficient (Wildman–Crippen LogP) is 2.88. The fraction of sp³-hybridized carbons (Fsp3) is 0.889. The van der Waals surface area contributed by atoms with Crippen molar-refractivity contribution in [1.82, 2.24) is 15.1 Å². The summed E-state index contributed by atoms with van der Waals surface area (Å²) in [6.45, 7) is 6.95. The van der Waals surface area contributed by atoms with E-state index >= 15 is 0 Å². The minimum atomic E-state index is 0.590. The van der Waals surface area contributed by atoms with E-state index in [0.29, 0.717) is 12.1 Å². The molecule has 1 aliphatic carbocycles. The lowest BCUT2D eigenvalue weighted by atomic mass is 9.90. The van der Waals surface area contributed by atoms with Crippen molar-refractivity contribution in [2.75, 3.05) is 40.3 Å². The summed E-state index contributed by atoms with van der Waals surface area (Å²) in [5.41, 5.74) is 1.69. The third-order valence-electron chi connectivity index (χ3n) is 5.21. The summed E-state index contributed by atoms with van der Waals surface area (Å²) in [7, 11) is 4.56. The van der Waals surface area contributed by atoms with Gasteiger partial charge in [-0.15, -0.1) is 0 Å². The number of nitrogens with zero attached hydrogens (tertiary/aromatic N) is 2. The first kappa shape index (κ1) is 17.0. The molecule has 1 N–H and O–H groups in total. The van der Waals surface area contributed by atoms with Crippen LogP contribution in [0.3, 0.4) is 0 Å². The first-order valence-corrected chi connectivity index (χ1v) is 9.01. The minimum absolute atomic E-state index is 0.590. The fourth-order valence-corrected chi connectivity index (χ4v) is 3.77. The lowest BCUT2D eigenvalue weighted by Crippen LogP contribution is -2.52. The number of likely N-dealkylation sites (N-methyl/N-ethyl adjacent to an activating group) is 3. The van der Waals surface area contributed by atoms with Crippen LogP contribution in [0.15, 0.2) is 11.6 Å². The van der Waals surface area contributed by atoms with Gasteiger partial charge in [-0.25, -0.2) is 0 Å². The van der Waals surface area contributed by atoms with Crippen molar-refractivity contribution in [3.63, 3.8) is 0 Å². The summed E-state index contributed by atoms with van der Waals surface area (Å²) < 4.78 is 0. The molecule has 0 aromatic rings. The Morgan fingerprint density at radius 2 is 2.00 bits per heavy atom. The van der Waals surface area contributed by atoms with Crippen LogP contribution in [0.1, 0.15) is 51.9 Å². The Hall–Kier alpha value is -0.380. The van der Waals surface area contributed by atoms with E-state index in [1.54, 1.807) is 5.57 Å². The number of hydrogen-bond donors (Lipinski definition) is 1. The summed E-state index contributed by atoms with van der Waals surface area (Å²) in [5, 5.41) is 3.77. The molecule has 1 fully saturated rings. The van der Waals surface area contributed by atoms with Crippen LogP contribution in [-0.4, -0.2) is 62.2 Å². The second kappa shape index (κ2) is 8.92. The van der Waals surface area contributed by atoms with Crippen molar-refractivity contribution in [2.24, 2.45) is 0 Å². The van der Waals surface area contributed by atoms with Gasteiger partial charge in [-0.3, -0.25) is 0 Å². The van der Waals surface area contributed by atoms with Gasteiger partial charge in [0.15, 0.2) is 0 Å². The fourth-order valence-electron chi connectivity index (χ4n) is 3.77. The molecular formula is C18H35N3. The average molecular weight is 293 g/mol. The minimum Gasteiger partial charge on any atom is -0.310 e. The van der Waals surface area contributed by atoms with Gasteiger partial charge in [0, 0.05) is 31.7 Å². The monoisotopic (exact) mass is 293 g/mol. The Morgan fingerprint density at radius 3 is 2.81 bits per heavy atom. The summed E-state index contributed by atoms with van der Waals surface area (Å²) >= 11 is 0. The Kier molecular flexibility index (Phi) is 7.21. The second-order valence-electron chi connectivity index (χ2n) is 6.97. The van der Waals surface area contributed by atoms with Crippen LogP contribution >= 0.6 is 0 Å². The van der Waals surface area contributed by atoms with Gasteiger partial charge in [0.1, 0.15) is 0 Å². The van der Waals surface area contributed by atoms with Crippen molar-refractivity contribution in [3.8, 4) is 0 Å². The molecule has 2 unspecified atom stereocenters. The van der Waals surface area contributed by atoms with E-state index < -0.39 is 0 Å². The van der Waals surface area contributed by atoms with E-state index in [9.17, 15) is 0 Å². The quantitative estimate of drug-likeness (QED) is 0.786. The Balaban J connectivity index is 1.99. The van der Waals surface area contributed by atoms with Crippen LogP contribution < -0.4 is 5.32 Å². The van der Waals surface area contributed by atoms with E-state index in [0.717, 1.165) is 6.54 Å². The third kappa shape index (κ3) is 5.39. The molecule has 1 aliphatic heterocycles. The zero-order chi connectivity index (χ0) is 15.1. The van der Waals surface area contributed by atoms with Crippen LogP contribution in [0, 0.1) is 0 Å². The van der Waals surface area contributed by atoms with Crippen LogP contribution in [0.2, 0.25) is 0 Å². The molecule has 1 heterocycles. The molecule has 2 rings (SSSR count). The summed E-state index contributed by atoms with van der Waals surface area (Å²) in [5.74, 6) is 0. The van der Waals surface area contributed by atoms with E-state index in [2.05, 4.69) is 42.2 Å². The molecule has 3 nitrogen and oxygen atoms in total. The molecular weight excluding hydrogens is 258 g/mol. The van der Waals surface area contributed by atoms with Gasteiger partial charge in [-0.2, -0.15) is 0 Å². The number of allylic oxidation sites excluding steroid dienone is 1. The highest BCUT2D eigenvalue weighted by atomic mass is 15.3. The van der Waals surface area contributed by atoms with Crippen molar-refractivity contribution in [3.05, 3.63) is 11.6 Å². The Labute approximate surface area is 131 Å². The highest BCUT2D eigenvalue weighted by Crippen LogP contribution is 2.23. The maximum Gasteiger partial charge on any atom is 0.0294 e. The van der Waals surface area contributed by atoms with Gasteiger partial charge >= 0.3 is 0 Å². The highest BCUT2D eigenvalue weighted by molar-refractivity contribution is 5.13. The summed E-state index contributed by atoms with van der Waals surface area (Å²) in [4.78, 5) is 5.05. The molecule has 0 saturated carbocycles. The maximum absolute atomic E-state index is 3.77. The Morgan fingerprint density at radius 1 is 1.19 bits per heavy atom. The zero-order valence-electron chi connectivity index (χ0n) is 14.4. The summed E-state index contributed by atoms with van der Waals surface area (Å²) in [6, 6.07) is 1.28. The van der Waals surface area contributed by atoms with Crippen molar-refractivity contribution in [2.45, 2.75) is 64.0 Å². The molecule has 0 aromatic carbocycles. The number of hydrogen-bond acceptors (Lipinski definition) is 3. The van der Waals surface area contributed by atoms with Gasteiger partial charge in [-0.1, -0.05) is 31.4 Å². The first-order valence-electron chi connectivity index (χ1n) is 9.01. The van der Waals surface area contributed by atoms with E-state index in [4.69, 9.17) is 0 Å². The number of nitrogens with one attached hydrogen (secondary N) is 1. The molecule has 0 bridgehead atoms. The smallest absolute Gasteiger partial charge is 0.0294 e. The van der Waals surface area contributed by atoms with E-state index in [-0.39, 0.29) is 0 Å². The SMILES string of the molecule is CCNC(CC1CN(C)CCN1C)C1=CCCCCCC1. The second-order valence-corrected chi connectivity index (χ2v) is 6.97. The number of rotatable bonds is 5. The molecule has 2 aliphatic rings. The third-order valence-corrected chi connectivity index (χ3v) is 5.21. The van der Waals surface area contributed by atoms with Crippen molar-refractivity contribution >= 4 is 0 Å². The number of piperazine rings is 1. The molecule has 1 saturated heterocycles. The van der Waals surface area contributed by atoms with Crippen molar-refractivity contribution < 1.29 is 0 Å². The van der Waals surface area contributed by atoms with Gasteiger partial charge in [0.2, 0.25) is 0 Å². The van der Waals surface area contributed by atoms with Crippen LogP contribution in [0.4, 0.5) is 0 Å². The molecule has 0 radical (unpaired) electrons. The molecule has 3 heteroatoms. The molecule has 122 valence electrons. The molecule has 0 spiro atoms. The first-order chi connectivity index (χ1) is 10.2. The summed E-state index contributed by atoms with van der Waals surface area (Å²) in [6.07, 6.45) is 12.0. The van der Waals surface area contributed by atoms with E-state index in [1.807, 2.05) is 0 Å². The molecule has 21 heavy (non-hydrogen) atoms. The van der Waals surface area contributed by atoms with Crippen molar-refractivity contribution in [1.29, 1.82) is 0 Å². The van der Waals surface area contributed by atoms with Gasteiger partial charge in [-0.05, 0) is 52.7 Å². The van der Waals surface area contributed by atoms with Gasteiger partial charge in [0.25, 0.3) is 0 Å².